The molecule has 15 rings (SSSR count). The number of aliphatic hydroxyl groups is 1. The second kappa shape index (κ2) is 28.7. The third-order valence-corrected chi connectivity index (χ3v) is 18.8. The minimum Gasteiger partial charge on any atom is -0.508 e. The number of hydroxylamine groups is 2. The van der Waals surface area contributed by atoms with Crippen molar-refractivity contribution in [3.8, 4) is 80.1 Å². The van der Waals surface area contributed by atoms with Gasteiger partial charge in [0, 0.05) is 55.9 Å². The Kier molecular flexibility index (Phi) is 19.5. The number of ether oxygens (including phenoxy) is 3. The van der Waals surface area contributed by atoms with Gasteiger partial charge in [-0.1, -0.05) is 85.1 Å². The molecule has 0 radical (unpaired) electrons. The fraction of sp³-hybridized carbons (Fsp3) is 0.247. The maximum atomic E-state index is 16.0. The van der Waals surface area contributed by atoms with E-state index in [2.05, 4.69) is 51.0 Å². The molecule has 0 aromatic heterocycles. The number of hydrogen-bond acceptors (Lipinski definition) is 20. The number of phenols is 6. The van der Waals surface area contributed by atoms with Gasteiger partial charge in [-0.3, -0.25) is 38.4 Å². The SMILES string of the molecule is CCCCc1ccc(CON2CCN(C(=O)[C@H]3NC(=O)[C@H]4NC(=O)[C@H](NC(=O)[C@@H]5NC(=O)[C@H]6NC(=O)[C@@H](Cc7ccc(c(Cl)c7)Oc7cc5cc(c7O)Oc5ccc(cc5Cl)[C@H]4O)NC(=O)[C@H](N)c4ccc(O)c(c4)Oc4cc(O)cc6c4)c4ccc(O)c(c4)-c4c(O)cc(O)cc43)CC2)cc1. The topological polar surface area (TPSA) is 403 Å². The highest BCUT2D eigenvalue weighted by molar-refractivity contribution is 6.32. The van der Waals surface area contributed by atoms with Crippen molar-refractivity contribution in [2.24, 2.45) is 5.73 Å². The number of rotatable bonds is 7. The third kappa shape index (κ3) is 14.4. The van der Waals surface area contributed by atoms with E-state index < -0.39 is 136 Å². The number of halogens is 2. The average molecular weight is 1430 g/mol. The maximum Gasteiger partial charge on any atom is 0.249 e. The highest BCUT2D eigenvalue weighted by Crippen LogP contribution is 2.48. The molecule has 0 aliphatic carbocycles. The summed E-state index contributed by atoms with van der Waals surface area (Å²) in [6.07, 6.45) is 0.633. The maximum absolute atomic E-state index is 16.0. The number of nitrogens with zero attached hydrogens (tertiary/aromatic N) is 2. The summed E-state index contributed by atoms with van der Waals surface area (Å²) < 4.78 is 18.7. The molecule has 8 aromatic rings. The van der Waals surface area contributed by atoms with Crippen molar-refractivity contribution in [2.75, 3.05) is 26.2 Å². The number of aryl methyl sites for hydroxylation is 1. The fourth-order valence-corrected chi connectivity index (χ4v) is 13.3. The quantitative estimate of drug-likeness (QED) is 0.0733. The molecule has 7 amide bonds. The first kappa shape index (κ1) is 69.2. The summed E-state index contributed by atoms with van der Waals surface area (Å²) in [5, 5.41) is 99.4. The lowest BCUT2D eigenvalue weighted by Gasteiger charge is -2.37. The second-order valence-electron chi connectivity index (χ2n) is 25.2. The Morgan fingerprint density at radius 2 is 1.14 bits per heavy atom. The molecule has 17 bridgehead atoms. The van der Waals surface area contributed by atoms with Crippen LogP contribution in [0.5, 0.6) is 69.0 Å². The molecule has 7 aliphatic rings. The van der Waals surface area contributed by atoms with Crippen molar-refractivity contribution in [2.45, 2.75) is 87.6 Å². The molecule has 8 aromatic carbocycles. The van der Waals surface area contributed by atoms with Crippen LogP contribution in [0, 0.1) is 0 Å². The van der Waals surface area contributed by atoms with Crippen LogP contribution in [-0.4, -0.2) is 125 Å². The number of aliphatic hydroxyl groups excluding tert-OH is 1. The molecule has 1 fully saturated rings. The molecular weight excluding hydrogens is 1360 g/mol. The lowest BCUT2D eigenvalue weighted by molar-refractivity contribution is -0.189. The van der Waals surface area contributed by atoms with E-state index in [4.69, 9.17) is 48.0 Å². The molecule has 0 spiro atoms. The summed E-state index contributed by atoms with van der Waals surface area (Å²) >= 11 is 13.9. The summed E-state index contributed by atoms with van der Waals surface area (Å²) in [4.78, 5) is 115. The Hall–Kier alpha value is -11.3. The van der Waals surface area contributed by atoms with Gasteiger partial charge in [-0.2, -0.15) is 5.06 Å². The van der Waals surface area contributed by atoms with E-state index >= 15 is 28.8 Å². The van der Waals surface area contributed by atoms with E-state index in [9.17, 15) is 40.5 Å². The number of nitrogens with two attached hydrogens (primary N) is 1. The molecule has 7 heterocycles. The molecule has 1 saturated heterocycles. The number of amides is 7. The van der Waals surface area contributed by atoms with E-state index in [1.807, 2.05) is 12.1 Å². The Morgan fingerprint density at radius 3 is 1.82 bits per heavy atom. The second-order valence-corrected chi connectivity index (χ2v) is 26.0. The largest absolute Gasteiger partial charge is 0.508 e. The first-order valence-corrected chi connectivity index (χ1v) is 33.2. The van der Waals surface area contributed by atoms with Gasteiger partial charge >= 0.3 is 0 Å². The number of phenolic OH excluding ortho intramolecular Hbond substituents is 6. The number of hydrogen-bond donors (Lipinski definition) is 14. The molecule has 27 nitrogen and oxygen atoms in total. The van der Waals surface area contributed by atoms with E-state index in [0.29, 0.717) is 5.56 Å². The minimum atomic E-state index is -2.17. The lowest BCUT2D eigenvalue weighted by Crippen LogP contribution is -2.57. The summed E-state index contributed by atoms with van der Waals surface area (Å²) in [5.41, 5.74) is 7.20. The van der Waals surface area contributed by atoms with Crippen molar-refractivity contribution >= 4 is 64.6 Å². The van der Waals surface area contributed by atoms with Gasteiger partial charge in [0.15, 0.2) is 23.0 Å². The Labute approximate surface area is 591 Å². The minimum absolute atomic E-state index is 0.0244. The molecule has 526 valence electrons. The summed E-state index contributed by atoms with van der Waals surface area (Å²) in [7, 11) is 0. The summed E-state index contributed by atoms with van der Waals surface area (Å²) in [6, 6.07) is 17.6. The highest BCUT2D eigenvalue weighted by Gasteiger charge is 2.43. The number of piperazine rings is 1. The smallest absolute Gasteiger partial charge is 0.249 e. The van der Waals surface area contributed by atoms with Crippen LogP contribution in [0.25, 0.3) is 11.1 Å². The summed E-state index contributed by atoms with van der Waals surface area (Å²) in [6.45, 7) is 2.78. The van der Waals surface area contributed by atoms with Crippen LogP contribution in [-0.2, 0) is 57.8 Å². The fourth-order valence-electron chi connectivity index (χ4n) is 12.8. The van der Waals surface area contributed by atoms with Crippen LogP contribution in [0.3, 0.4) is 0 Å². The number of unbranched alkanes of at least 4 members (excludes halogenated alkanes) is 1. The van der Waals surface area contributed by atoms with Crippen molar-refractivity contribution in [1.29, 1.82) is 0 Å². The van der Waals surface area contributed by atoms with Crippen LogP contribution in [0.1, 0.15) is 106 Å². The standard InChI is InChI=1S/C73H67Cl2N9O18/c1-2-3-4-34-5-7-35(8-6-34)33-99-84-19-17-83(18-20-84)73(98)63-46-31-43(86)32-52(89)58(46)45-25-38(11-13-50(45)87)60-69(94)82-64(72(97)81-63)65(90)39-12-16-54(48(75)26-39)102-57-29-41-28-56(66(57)91)101-53-15-9-36(21-47(53)74)22-49-67(92)78-61(70(95)80-62(41)71(96)79-60)40-23-42(85)30-44(24-40)100-55-27-37(10-14-51(55)88)59(76)68(93)77-49/h5-16,21,23-32,49,59-65,85-91H,2-4,17-20,22,33,76H2,1H3,(H,77,93)(H,78,92)(H,79,96)(H,80,95)(H,81,97)(H,82,94)/t49-,59-,60-,61+,62-,63+,64+,65-/m1/s1. The number of aromatic hydroxyl groups is 6. The zero-order valence-corrected chi connectivity index (χ0v) is 55.6. The van der Waals surface area contributed by atoms with Crippen molar-refractivity contribution in [3.05, 3.63) is 200 Å². The van der Waals surface area contributed by atoms with Crippen molar-refractivity contribution in [1.82, 2.24) is 41.9 Å². The first-order chi connectivity index (χ1) is 48.9. The van der Waals surface area contributed by atoms with Gasteiger partial charge in [0.05, 0.1) is 16.7 Å². The van der Waals surface area contributed by atoms with Crippen molar-refractivity contribution in [3.63, 3.8) is 0 Å². The van der Waals surface area contributed by atoms with Gasteiger partial charge in [-0.05, 0) is 142 Å². The predicted molar refractivity (Wildman–Crippen MR) is 365 cm³/mol. The molecule has 29 heteroatoms. The predicted octanol–water partition coefficient (Wildman–Crippen LogP) is 7.52. The van der Waals surface area contributed by atoms with E-state index in [1.54, 1.807) is 5.06 Å². The molecule has 0 saturated carbocycles. The van der Waals surface area contributed by atoms with Crippen LogP contribution < -0.4 is 51.8 Å². The third-order valence-electron chi connectivity index (χ3n) is 18.3. The molecule has 8 atom stereocenters. The number of benzene rings is 8. The van der Waals surface area contributed by atoms with Crippen LogP contribution in [0.4, 0.5) is 0 Å². The Balaban J connectivity index is 0.937. The normalized spacial score (nSPS) is 21.4. The molecule has 102 heavy (non-hydrogen) atoms. The van der Waals surface area contributed by atoms with E-state index in [1.165, 1.54) is 83.3 Å². The zero-order valence-electron chi connectivity index (χ0n) is 54.1. The summed E-state index contributed by atoms with van der Waals surface area (Å²) in [5.74, 6) is -13.3. The number of carbonyl (C=O) groups is 7. The van der Waals surface area contributed by atoms with Gasteiger partial charge in [-0.25, -0.2) is 0 Å². The monoisotopic (exact) mass is 1430 g/mol. The highest BCUT2D eigenvalue weighted by atomic mass is 35.5. The van der Waals surface area contributed by atoms with Crippen molar-refractivity contribution < 1.29 is 88.4 Å². The van der Waals surface area contributed by atoms with Gasteiger partial charge in [0.1, 0.15) is 88.6 Å². The van der Waals surface area contributed by atoms with Crippen LogP contribution in [0.15, 0.2) is 140 Å². The van der Waals surface area contributed by atoms with E-state index in [-0.39, 0.29) is 117 Å². The molecule has 7 aliphatic heterocycles. The number of fused-ring (bicyclic) bond motifs is 14. The zero-order chi connectivity index (χ0) is 71.9. The van der Waals surface area contributed by atoms with Crippen LogP contribution >= 0.6 is 23.2 Å². The van der Waals surface area contributed by atoms with Gasteiger partial charge in [-0.15, -0.1) is 0 Å². The molecule has 15 N–H and O–H groups in total. The Morgan fingerprint density at radius 1 is 0.539 bits per heavy atom. The molecule has 0 unspecified atom stereocenters. The van der Waals surface area contributed by atoms with Crippen LogP contribution in [0.2, 0.25) is 10.0 Å². The first-order valence-electron chi connectivity index (χ1n) is 32.5. The average Bonchev–Trinajstić information content (AvgIpc) is 0.765. The van der Waals surface area contributed by atoms with Gasteiger partial charge in [0.2, 0.25) is 47.1 Å². The lowest BCUT2D eigenvalue weighted by atomic mass is 9.89. The Bertz CT molecular complexity index is 4710. The number of nitrogens with one attached hydrogen (secondary N) is 6. The molecular formula is C73H67Cl2N9O18. The number of carbonyl (C=O) groups excluding carboxylic acids is 7. The van der Waals surface area contributed by atoms with Gasteiger partial charge in [0.25, 0.3) is 0 Å². The van der Waals surface area contributed by atoms with E-state index in [0.717, 1.165) is 67.3 Å². The van der Waals surface area contributed by atoms with Gasteiger partial charge < -0.3 is 92.5 Å².